The lowest BCUT2D eigenvalue weighted by Crippen LogP contribution is -2.23. The monoisotopic (exact) mass is 337 g/mol. The van der Waals surface area contributed by atoms with Gasteiger partial charge in [0.15, 0.2) is 17.5 Å². The van der Waals surface area contributed by atoms with Crippen molar-refractivity contribution in [1.29, 1.82) is 0 Å². The van der Waals surface area contributed by atoms with Gasteiger partial charge < -0.3 is 20.5 Å². The van der Waals surface area contributed by atoms with E-state index < -0.39 is 0 Å². The Bertz CT molecular complexity index is 761. The number of guanidine groups is 1. The minimum atomic E-state index is 0.438. The molecule has 1 aliphatic carbocycles. The van der Waals surface area contributed by atoms with Crippen LogP contribution < -0.4 is 20.5 Å². The van der Waals surface area contributed by atoms with Crippen molar-refractivity contribution >= 4 is 11.6 Å². The Kier molecular flexibility index (Phi) is 4.46. The van der Waals surface area contributed by atoms with Gasteiger partial charge in [-0.2, -0.15) is 0 Å². The van der Waals surface area contributed by atoms with Gasteiger partial charge in [0.05, 0.1) is 13.2 Å². The number of hydrogen-bond acceptors (Lipinski definition) is 3. The van der Waals surface area contributed by atoms with Crippen molar-refractivity contribution in [3.8, 4) is 11.5 Å². The van der Waals surface area contributed by atoms with E-state index >= 15 is 0 Å². The summed E-state index contributed by atoms with van der Waals surface area (Å²) in [4.78, 5) is 4.50. The first-order valence-corrected chi connectivity index (χ1v) is 8.81. The van der Waals surface area contributed by atoms with Crippen LogP contribution in [0.15, 0.2) is 53.5 Å². The van der Waals surface area contributed by atoms with Gasteiger partial charge in [-0.05, 0) is 36.0 Å². The predicted octanol–water partition coefficient (Wildman–Crippen LogP) is 3.38. The molecule has 0 spiro atoms. The fourth-order valence-electron chi connectivity index (χ4n) is 3.20. The third-order valence-electron chi connectivity index (χ3n) is 4.67. The largest absolute Gasteiger partial charge is 0.490 e. The lowest BCUT2D eigenvalue weighted by atomic mass is 10.1. The Balaban J connectivity index is 1.34. The molecule has 130 valence electrons. The van der Waals surface area contributed by atoms with Crippen molar-refractivity contribution in [2.75, 3.05) is 25.1 Å². The molecule has 2 aliphatic rings. The summed E-state index contributed by atoms with van der Waals surface area (Å²) in [6, 6.07) is 16.4. The molecule has 1 saturated carbocycles. The molecular weight excluding hydrogens is 314 g/mol. The van der Waals surface area contributed by atoms with Crippen LogP contribution in [0.5, 0.6) is 11.5 Å². The molecule has 4 rings (SSSR count). The molecule has 5 heteroatoms. The van der Waals surface area contributed by atoms with Crippen LogP contribution in [0.3, 0.4) is 0 Å². The lowest BCUT2D eigenvalue weighted by molar-refractivity contribution is 0.297. The Morgan fingerprint density at radius 1 is 1.08 bits per heavy atom. The molecule has 2 aromatic rings. The van der Waals surface area contributed by atoms with Crippen LogP contribution in [0.25, 0.3) is 0 Å². The molecule has 2 atom stereocenters. The second kappa shape index (κ2) is 7.05. The fraction of sp³-hybridized carbons (Fsp3) is 0.350. The molecule has 1 heterocycles. The third kappa shape index (κ3) is 3.87. The lowest BCUT2D eigenvalue weighted by Gasteiger charge is -2.10. The highest BCUT2D eigenvalue weighted by Crippen LogP contribution is 2.47. The van der Waals surface area contributed by atoms with Crippen molar-refractivity contribution in [3.05, 3.63) is 54.1 Å². The zero-order valence-electron chi connectivity index (χ0n) is 14.2. The number of nitrogens with zero attached hydrogens (tertiary/aromatic N) is 1. The summed E-state index contributed by atoms with van der Waals surface area (Å²) in [5.41, 5.74) is 8.30. The molecule has 3 N–H and O–H groups in total. The van der Waals surface area contributed by atoms with Gasteiger partial charge in [0.2, 0.25) is 0 Å². The summed E-state index contributed by atoms with van der Waals surface area (Å²) < 4.78 is 11.3. The number of benzene rings is 2. The number of hydrogen-bond donors (Lipinski definition) is 2. The number of rotatable bonds is 4. The number of nitrogens with one attached hydrogen (secondary N) is 1. The van der Waals surface area contributed by atoms with Gasteiger partial charge in [0.1, 0.15) is 0 Å². The van der Waals surface area contributed by atoms with E-state index in [-0.39, 0.29) is 0 Å². The quantitative estimate of drug-likeness (QED) is 0.663. The number of nitrogens with two attached hydrogens (primary N) is 1. The van der Waals surface area contributed by atoms with Crippen LogP contribution in [-0.2, 0) is 0 Å². The van der Waals surface area contributed by atoms with Crippen LogP contribution in [0, 0.1) is 5.92 Å². The van der Waals surface area contributed by atoms with Crippen LogP contribution in [0.2, 0.25) is 0 Å². The molecule has 25 heavy (non-hydrogen) atoms. The summed E-state index contributed by atoms with van der Waals surface area (Å²) in [5.74, 6) is 3.18. The number of ether oxygens (including phenoxy) is 2. The number of aliphatic imine (C=N–C) groups is 1. The number of fused-ring (bicyclic) bond motifs is 1. The standard InChI is InChI=1S/C20H23N3O2/c21-20(22-13-15-11-17(15)14-5-2-1-3-6-14)23-16-7-8-18-19(12-16)25-10-4-9-24-18/h1-3,5-8,12,15,17H,4,9-11,13H2,(H3,21,22,23)/t15-,17-/m0/s1. The smallest absolute Gasteiger partial charge is 0.193 e. The second-order valence-electron chi connectivity index (χ2n) is 6.58. The second-order valence-corrected chi connectivity index (χ2v) is 6.58. The average molecular weight is 337 g/mol. The SMILES string of the molecule is NC(=NC[C@@H]1C[C@H]1c1ccccc1)Nc1ccc2c(c1)OCCCO2. The highest BCUT2D eigenvalue weighted by atomic mass is 16.5. The maximum Gasteiger partial charge on any atom is 0.193 e. The molecule has 1 fully saturated rings. The zero-order chi connectivity index (χ0) is 17.1. The maximum atomic E-state index is 6.04. The molecule has 0 aromatic heterocycles. The minimum Gasteiger partial charge on any atom is -0.490 e. The maximum absolute atomic E-state index is 6.04. The first kappa shape index (κ1) is 15.8. The van der Waals surface area contributed by atoms with Gasteiger partial charge in [-0.1, -0.05) is 30.3 Å². The molecule has 0 saturated heterocycles. The van der Waals surface area contributed by atoms with Crippen LogP contribution in [0.1, 0.15) is 24.3 Å². The molecule has 0 bridgehead atoms. The summed E-state index contributed by atoms with van der Waals surface area (Å²) in [6.45, 7) is 2.11. The molecule has 0 unspecified atom stereocenters. The third-order valence-corrected chi connectivity index (χ3v) is 4.67. The van der Waals surface area contributed by atoms with E-state index in [1.807, 2.05) is 18.2 Å². The van der Waals surface area contributed by atoms with E-state index in [0.717, 1.165) is 30.2 Å². The van der Waals surface area contributed by atoms with Gasteiger partial charge in [0.25, 0.3) is 0 Å². The van der Waals surface area contributed by atoms with E-state index in [1.54, 1.807) is 0 Å². The first-order chi connectivity index (χ1) is 12.3. The molecule has 2 aromatic carbocycles. The van der Waals surface area contributed by atoms with Crippen LogP contribution in [-0.4, -0.2) is 25.7 Å². The first-order valence-electron chi connectivity index (χ1n) is 8.81. The molecule has 0 amide bonds. The van der Waals surface area contributed by atoms with Crippen molar-refractivity contribution in [3.63, 3.8) is 0 Å². The Morgan fingerprint density at radius 2 is 1.88 bits per heavy atom. The Labute approximate surface area is 147 Å². The van der Waals surface area contributed by atoms with Gasteiger partial charge in [-0.15, -0.1) is 0 Å². The highest BCUT2D eigenvalue weighted by molar-refractivity contribution is 5.92. The van der Waals surface area contributed by atoms with Crippen molar-refractivity contribution in [2.45, 2.75) is 18.8 Å². The predicted molar refractivity (Wildman–Crippen MR) is 99.5 cm³/mol. The summed E-state index contributed by atoms with van der Waals surface area (Å²) in [7, 11) is 0. The van der Waals surface area contributed by atoms with Crippen LogP contribution >= 0.6 is 0 Å². The van der Waals surface area contributed by atoms with E-state index in [4.69, 9.17) is 15.2 Å². The summed E-state index contributed by atoms with van der Waals surface area (Å²) in [6.07, 6.45) is 2.08. The topological polar surface area (TPSA) is 68.9 Å². The zero-order valence-corrected chi connectivity index (χ0v) is 14.2. The summed E-state index contributed by atoms with van der Waals surface area (Å²) >= 11 is 0. The van der Waals surface area contributed by atoms with Crippen LogP contribution in [0.4, 0.5) is 5.69 Å². The van der Waals surface area contributed by atoms with E-state index in [2.05, 4.69) is 40.6 Å². The number of anilines is 1. The van der Waals surface area contributed by atoms with Crippen molar-refractivity contribution in [2.24, 2.45) is 16.6 Å². The van der Waals surface area contributed by atoms with E-state index in [1.165, 1.54) is 12.0 Å². The molecule has 5 nitrogen and oxygen atoms in total. The molecular formula is C20H23N3O2. The van der Waals surface area contributed by atoms with E-state index in [9.17, 15) is 0 Å². The van der Waals surface area contributed by atoms with E-state index in [0.29, 0.717) is 31.0 Å². The van der Waals surface area contributed by atoms with Gasteiger partial charge in [-0.3, -0.25) is 4.99 Å². The molecule has 1 aliphatic heterocycles. The Hall–Kier alpha value is -2.69. The van der Waals surface area contributed by atoms with Crippen molar-refractivity contribution in [1.82, 2.24) is 0 Å². The minimum absolute atomic E-state index is 0.438. The van der Waals surface area contributed by atoms with Gasteiger partial charge in [-0.25, -0.2) is 0 Å². The normalized spacial score (nSPS) is 22.2. The summed E-state index contributed by atoms with van der Waals surface area (Å²) in [5, 5.41) is 3.14. The average Bonchev–Trinajstić information content (AvgIpc) is 3.44. The van der Waals surface area contributed by atoms with Gasteiger partial charge in [0, 0.05) is 24.7 Å². The van der Waals surface area contributed by atoms with Gasteiger partial charge >= 0.3 is 0 Å². The Morgan fingerprint density at radius 3 is 2.72 bits per heavy atom. The molecule has 0 radical (unpaired) electrons. The van der Waals surface area contributed by atoms with Crippen molar-refractivity contribution < 1.29 is 9.47 Å². The highest BCUT2D eigenvalue weighted by Gasteiger charge is 2.37. The fourth-order valence-corrected chi connectivity index (χ4v) is 3.20.